The molecule has 0 aliphatic rings. The summed E-state index contributed by atoms with van der Waals surface area (Å²) < 4.78 is 36.4. The lowest BCUT2D eigenvalue weighted by Crippen LogP contribution is -2.47. The van der Waals surface area contributed by atoms with Crippen LogP contribution in [0.15, 0.2) is 42.5 Å². The summed E-state index contributed by atoms with van der Waals surface area (Å²) in [5, 5.41) is 3.12. The number of rotatable bonds is 8. The molecule has 0 heterocycles. The number of nitrogens with zero attached hydrogens (tertiary/aromatic N) is 1. The molecule has 0 saturated heterocycles. The van der Waals surface area contributed by atoms with E-state index in [1.807, 2.05) is 0 Å². The van der Waals surface area contributed by atoms with Crippen LogP contribution in [-0.2, 0) is 14.8 Å². The SMILES string of the molecule is CC[C@H](C(=O)Nc1ccc(OC)c(OC)c1)N(c1cccc(Cl)c1)S(C)(=O)=O. The number of nitrogens with one attached hydrogen (secondary N) is 1. The van der Waals surface area contributed by atoms with Crippen LogP contribution in [-0.4, -0.2) is 40.8 Å². The molecule has 0 aliphatic carbocycles. The Kier molecular flexibility index (Phi) is 7.15. The van der Waals surface area contributed by atoms with Gasteiger partial charge in [-0.05, 0) is 36.8 Å². The third-order valence-corrected chi connectivity index (χ3v) is 5.46. The molecule has 0 saturated carbocycles. The third-order valence-electron chi connectivity index (χ3n) is 4.04. The van der Waals surface area contributed by atoms with Crippen molar-refractivity contribution in [3.05, 3.63) is 47.5 Å². The summed E-state index contributed by atoms with van der Waals surface area (Å²) in [5.41, 5.74) is 0.782. The summed E-state index contributed by atoms with van der Waals surface area (Å²) >= 11 is 6.01. The highest BCUT2D eigenvalue weighted by molar-refractivity contribution is 7.92. The van der Waals surface area contributed by atoms with Crippen LogP contribution in [0.1, 0.15) is 13.3 Å². The summed E-state index contributed by atoms with van der Waals surface area (Å²) in [6.45, 7) is 1.74. The number of methoxy groups -OCH3 is 2. The van der Waals surface area contributed by atoms with Crippen LogP contribution in [0.3, 0.4) is 0 Å². The van der Waals surface area contributed by atoms with Crippen molar-refractivity contribution in [3.8, 4) is 11.5 Å². The molecule has 2 aromatic carbocycles. The van der Waals surface area contributed by atoms with Crippen molar-refractivity contribution >= 4 is 38.9 Å². The molecule has 0 bridgehead atoms. The first-order valence-corrected chi connectivity index (χ1v) is 10.7. The Morgan fingerprint density at radius 3 is 2.36 bits per heavy atom. The van der Waals surface area contributed by atoms with Crippen LogP contribution in [0.4, 0.5) is 11.4 Å². The van der Waals surface area contributed by atoms with Gasteiger partial charge in [-0.1, -0.05) is 24.6 Å². The number of carbonyl (C=O) groups is 1. The molecule has 2 aromatic rings. The molecule has 0 aromatic heterocycles. The Morgan fingerprint density at radius 1 is 1.14 bits per heavy atom. The molecule has 1 N–H and O–H groups in total. The standard InChI is InChI=1S/C19H23ClN2O5S/c1-5-16(22(28(4,24)25)15-8-6-7-13(20)11-15)19(23)21-14-9-10-17(26-2)18(12-14)27-3/h6-12,16H,5H2,1-4H3,(H,21,23)/t16-/m1/s1. The van der Waals surface area contributed by atoms with Gasteiger partial charge in [-0.3, -0.25) is 9.10 Å². The van der Waals surface area contributed by atoms with Gasteiger partial charge >= 0.3 is 0 Å². The van der Waals surface area contributed by atoms with E-state index in [-0.39, 0.29) is 6.42 Å². The van der Waals surface area contributed by atoms with Gasteiger partial charge in [0.05, 0.1) is 26.2 Å². The molecule has 1 atom stereocenters. The lowest BCUT2D eigenvalue weighted by atomic mass is 10.1. The Bertz CT molecular complexity index is 949. The number of amides is 1. The van der Waals surface area contributed by atoms with Gasteiger partial charge in [0.2, 0.25) is 15.9 Å². The van der Waals surface area contributed by atoms with Crippen molar-refractivity contribution in [2.45, 2.75) is 19.4 Å². The van der Waals surface area contributed by atoms with Crippen molar-refractivity contribution in [1.29, 1.82) is 0 Å². The average Bonchev–Trinajstić information content (AvgIpc) is 2.64. The minimum absolute atomic E-state index is 0.263. The number of sulfonamides is 1. The fraction of sp³-hybridized carbons (Fsp3) is 0.316. The van der Waals surface area contributed by atoms with Gasteiger partial charge < -0.3 is 14.8 Å². The summed E-state index contributed by atoms with van der Waals surface area (Å²) in [6, 6.07) is 10.3. The molecule has 1 amide bonds. The Hall–Kier alpha value is -2.45. The molecule has 2 rings (SSSR count). The maximum absolute atomic E-state index is 12.9. The molecule has 9 heteroatoms. The lowest BCUT2D eigenvalue weighted by Gasteiger charge is -2.30. The van der Waals surface area contributed by atoms with E-state index >= 15 is 0 Å². The molecule has 0 unspecified atom stereocenters. The van der Waals surface area contributed by atoms with Gasteiger partial charge in [0.15, 0.2) is 11.5 Å². The summed E-state index contributed by atoms with van der Waals surface area (Å²) in [6.07, 6.45) is 1.32. The van der Waals surface area contributed by atoms with E-state index in [0.717, 1.165) is 10.6 Å². The normalized spacial score (nSPS) is 12.2. The predicted molar refractivity (Wildman–Crippen MR) is 111 cm³/mol. The van der Waals surface area contributed by atoms with E-state index in [1.165, 1.54) is 20.3 Å². The lowest BCUT2D eigenvalue weighted by molar-refractivity contribution is -0.117. The van der Waals surface area contributed by atoms with Gasteiger partial charge in [-0.2, -0.15) is 0 Å². The zero-order valence-corrected chi connectivity index (χ0v) is 17.7. The van der Waals surface area contributed by atoms with Gasteiger partial charge in [0.25, 0.3) is 0 Å². The smallest absolute Gasteiger partial charge is 0.248 e. The topological polar surface area (TPSA) is 84.9 Å². The van der Waals surface area contributed by atoms with Gasteiger partial charge in [0.1, 0.15) is 6.04 Å². The Balaban J connectivity index is 2.37. The number of benzene rings is 2. The molecule has 152 valence electrons. The second-order valence-corrected chi connectivity index (χ2v) is 8.32. The second-order valence-electron chi connectivity index (χ2n) is 6.02. The highest BCUT2D eigenvalue weighted by Gasteiger charge is 2.31. The number of hydrogen-bond acceptors (Lipinski definition) is 5. The van der Waals surface area contributed by atoms with Crippen LogP contribution in [0.25, 0.3) is 0 Å². The fourth-order valence-corrected chi connectivity index (χ4v) is 4.20. The predicted octanol–water partition coefficient (Wildman–Crippen LogP) is 3.54. The van der Waals surface area contributed by atoms with E-state index in [4.69, 9.17) is 21.1 Å². The maximum Gasteiger partial charge on any atom is 0.248 e. The summed E-state index contributed by atoms with van der Waals surface area (Å²) in [5.74, 6) is 0.493. The van der Waals surface area contributed by atoms with Crippen LogP contribution in [0.2, 0.25) is 5.02 Å². The molecule has 0 aliphatic heterocycles. The third kappa shape index (κ3) is 5.08. The van der Waals surface area contributed by atoms with Crippen molar-refractivity contribution in [3.63, 3.8) is 0 Å². The molecule has 28 heavy (non-hydrogen) atoms. The van der Waals surface area contributed by atoms with Crippen molar-refractivity contribution in [2.24, 2.45) is 0 Å². The zero-order chi connectivity index (χ0) is 20.9. The quantitative estimate of drug-likeness (QED) is 0.697. The first kappa shape index (κ1) is 21.8. The number of ether oxygens (including phenoxy) is 2. The monoisotopic (exact) mass is 426 g/mol. The Morgan fingerprint density at radius 2 is 1.82 bits per heavy atom. The van der Waals surface area contributed by atoms with E-state index in [1.54, 1.807) is 43.3 Å². The van der Waals surface area contributed by atoms with E-state index < -0.39 is 22.0 Å². The molecule has 0 radical (unpaired) electrons. The number of halogens is 1. The number of anilines is 2. The second kappa shape index (κ2) is 9.16. The molecule has 0 fully saturated rings. The van der Waals surface area contributed by atoms with E-state index in [2.05, 4.69) is 5.32 Å². The highest BCUT2D eigenvalue weighted by Crippen LogP contribution is 2.30. The van der Waals surface area contributed by atoms with E-state index in [9.17, 15) is 13.2 Å². The molecule has 0 spiro atoms. The van der Waals surface area contributed by atoms with Crippen molar-refractivity contribution in [1.82, 2.24) is 0 Å². The zero-order valence-electron chi connectivity index (χ0n) is 16.1. The summed E-state index contributed by atoms with van der Waals surface area (Å²) in [7, 11) is -0.737. The van der Waals surface area contributed by atoms with Crippen LogP contribution in [0, 0.1) is 0 Å². The molecular formula is C19H23ClN2O5S. The largest absolute Gasteiger partial charge is 0.493 e. The minimum atomic E-state index is -3.74. The van der Waals surface area contributed by atoms with Crippen molar-refractivity contribution < 1.29 is 22.7 Å². The molecular weight excluding hydrogens is 404 g/mol. The minimum Gasteiger partial charge on any atom is -0.493 e. The van der Waals surface area contributed by atoms with Crippen LogP contribution < -0.4 is 19.1 Å². The highest BCUT2D eigenvalue weighted by atomic mass is 35.5. The van der Waals surface area contributed by atoms with E-state index in [0.29, 0.717) is 27.9 Å². The maximum atomic E-state index is 12.9. The fourth-order valence-electron chi connectivity index (χ4n) is 2.81. The summed E-state index contributed by atoms with van der Waals surface area (Å²) in [4.78, 5) is 12.9. The van der Waals surface area contributed by atoms with Crippen LogP contribution >= 0.6 is 11.6 Å². The van der Waals surface area contributed by atoms with Gasteiger partial charge in [-0.15, -0.1) is 0 Å². The number of hydrogen-bond donors (Lipinski definition) is 1. The number of carbonyl (C=O) groups excluding carboxylic acids is 1. The first-order chi connectivity index (χ1) is 13.2. The first-order valence-electron chi connectivity index (χ1n) is 8.49. The average molecular weight is 427 g/mol. The van der Waals surface area contributed by atoms with Gasteiger partial charge in [0, 0.05) is 16.8 Å². The Labute approximate surface area is 170 Å². The van der Waals surface area contributed by atoms with Crippen molar-refractivity contribution in [2.75, 3.05) is 30.1 Å². The van der Waals surface area contributed by atoms with Gasteiger partial charge in [-0.25, -0.2) is 8.42 Å². The molecule has 7 nitrogen and oxygen atoms in total. The van der Waals surface area contributed by atoms with Crippen LogP contribution in [0.5, 0.6) is 11.5 Å².